The summed E-state index contributed by atoms with van der Waals surface area (Å²) in [6.45, 7) is 3.39. The Morgan fingerprint density at radius 3 is 2.16 bits per heavy atom. The van der Waals surface area contributed by atoms with Crippen molar-refractivity contribution in [1.29, 1.82) is 0 Å². The van der Waals surface area contributed by atoms with Crippen molar-refractivity contribution >= 4 is 40.9 Å². The maximum atomic E-state index is 11.7. The van der Waals surface area contributed by atoms with Gasteiger partial charge in [-0.1, -0.05) is 43.1 Å². The number of urea groups is 1. The van der Waals surface area contributed by atoms with E-state index in [-0.39, 0.29) is 21.7 Å². The van der Waals surface area contributed by atoms with Crippen LogP contribution in [0.15, 0.2) is 18.2 Å². The summed E-state index contributed by atoms with van der Waals surface area (Å²) in [5, 5.41) is 14.3. The van der Waals surface area contributed by atoms with E-state index >= 15 is 0 Å². The first-order valence-corrected chi connectivity index (χ1v) is 6.33. The number of para-hydroxylation sites is 1. The third kappa shape index (κ3) is 4.29. The number of halogens is 2. The van der Waals surface area contributed by atoms with Crippen LogP contribution in [0, 0.1) is 5.92 Å². The Hall–Kier alpha value is -1.46. The van der Waals surface area contributed by atoms with Crippen molar-refractivity contribution in [3.63, 3.8) is 0 Å². The largest absolute Gasteiger partial charge is 0.480 e. The Morgan fingerprint density at radius 2 is 1.74 bits per heavy atom. The van der Waals surface area contributed by atoms with E-state index < -0.39 is 18.0 Å². The molecule has 0 radical (unpaired) electrons. The molecule has 1 rings (SSSR count). The topological polar surface area (TPSA) is 78.4 Å². The second-order valence-electron chi connectivity index (χ2n) is 4.26. The van der Waals surface area contributed by atoms with Crippen molar-refractivity contribution in [3.05, 3.63) is 28.2 Å². The number of benzene rings is 1. The summed E-state index contributed by atoms with van der Waals surface area (Å²) in [6.07, 6.45) is 0. The van der Waals surface area contributed by atoms with Crippen LogP contribution in [0.5, 0.6) is 0 Å². The number of aliphatic carboxylic acids is 1. The molecule has 0 fully saturated rings. The van der Waals surface area contributed by atoms with E-state index in [0.29, 0.717) is 0 Å². The zero-order chi connectivity index (χ0) is 14.6. The van der Waals surface area contributed by atoms with Crippen LogP contribution in [0.4, 0.5) is 10.5 Å². The summed E-state index contributed by atoms with van der Waals surface area (Å²) in [5.41, 5.74) is 0.247. The molecule has 3 N–H and O–H groups in total. The molecule has 0 spiro atoms. The van der Waals surface area contributed by atoms with Gasteiger partial charge in [-0.3, -0.25) is 0 Å². The molecule has 1 unspecified atom stereocenters. The zero-order valence-corrected chi connectivity index (χ0v) is 11.9. The van der Waals surface area contributed by atoms with Gasteiger partial charge in [0.1, 0.15) is 6.04 Å². The first-order valence-electron chi connectivity index (χ1n) is 5.57. The van der Waals surface area contributed by atoms with Gasteiger partial charge in [-0.15, -0.1) is 0 Å². The molecule has 0 saturated carbocycles. The monoisotopic (exact) mass is 304 g/mol. The lowest BCUT2D eigenvalue weighted by molar-refractivity contribution is -0.140. The molecule has 0 aliphatic rings. The first-order chi connectivity index (χ1) is 8.82. The minimum Gasteiger partial charge on any atom is -0.480 e. The molecule has 1 aromatic carbocycles. The van der Waals surface area contributed by atoms with E-state index in [2.05, 4.69) is 10.6 Å². The minimum atomic E-state index is -1.10. The molecule has 0 bridgehead atoms. The van der Waals surface area contributed by atoms with Crippen molar-refractivity contribution in [1.82, 2.24) is 5.32 Å². The van der Waals surface area contributed by atoms with E-state index in [1.165, 1.54) is 0 Å². The van der Waals surface area contributed by atoms with Crippen LogP contribution in [0.3, 0.4) is 0 Å². The number of hydrogen-bond acceptors (Lipinski definition) is 2. The number of rotatable bonds is 4. The van der Waals surface area contributed by atoms with Crippen LogP contribution in [-0.2, 0) is 4.79 Å². The fourth-order valence-electron chi connectivity index (χ4n) is 1.42. The number of carbonyl (C=O) groups is 2. The van der Waals surface area contributed by atoms with Gasteiger partial charge in [-0.05, 0) is 18.1 Å². The quantitative estimate of drug-likeness (QED) is 0.799. The van der Waals surface area contributed by atoms with E-state index in [4.69, 9.17) is 28.3 Å². The van der Waals surface area contributed by atoms with Gasteiger partial charge in [0.15, 0.2) is 0 Å². The van der Waals surface area contributed by atoms with E-state index in [1.807, 2.05) is 0 Å². The van der Waals surface area contributed by atoms with Crippen LogP contribution in [0.1, 0.15) is 13.8 Å². The highest BCUT2D eigenvalue weighted by Crippen LogP contribution is 2.29. The number of amides is 2. The molecule has 5 nitrogen and oxygen atoms in total. The molecule has 19 heavy (non-hydrogen) atoms. The third-order valence-electron chi connectivity index (χ3n) is 2.42. The van der Waals surface area contributed by atoms with Gasteiger partial charge < -0.3 is 15.7 Å². The summed E-state index contributed by atoms with van der Waals surface area (Å²) in [5.74, 6) is -1.35. The highest BCUT2D eigenvalue weighted by Gasteiger charge is 2.23. The molecule has 0 heterocycles. The summed E-state index contributed by atoms with van der Waals surface area (Å²) >= 11 is 11.8. The number of hydrogen-bond donors (Lipinski definition) is 3. The van der Waals surface area contributed by atoms with Crippen LogP contribution in [0.25, 0.3) is 0 Å². The Bertz CT molecular complexity index is 472. The van der Waals surface area contributed by atoms with Crippen LogP contribution in [-0.4, -0.2) is 23.1 Å². The van der Waals surface area contributed by atoms with Gasteiger partial charge in [0.2, 0.25) is 0 Å². The standard InChI is InChI=1S/C12H14Cl2N2O3/c1-6(2)9(11(17)18)15-12(19)16-10-7(13)4-3-5-8(10)14/h3-6,9H,1-2H3,(H,17,18)(H2,15,16,19). The van der Waals surface area contributed by atoms with Crippen LogP contribution < -0.4 is 10.6 Å². The molecule has 0 aromatic heterocycles. The van der Waals surface area contributed by atoms with Crippen molar-refractivity contribution in [2.24, 2.45) is 5.92 Å². The first kappa shape index (κ1) is 15.6. The SMILES string of the molecule is CC(C)C(NC(=O)Nc1c(Cl)cccc1Cl)C(=O)O. The van der Waals surface area contributed by atoms with Gasteiger partial charge in [-0.2, -0.15) is 0 Å². The molecule has 0 aliphatic carbocycles. The summed E-state index contributed by atoms with van der Waals surface area (Å²) in [6, 6.07) is 3.12. The van der Waals surface area contributed by atoms with E-state index in [1.54, 1.807) is 32.0 Å². The molecule has 1 atom stereocenters. The van der Waals surface area contributed by atoms with Crippen molar-refractivity contribution in [3.8, 4) is 0 Å². The van der Waals surface area contributed by atoms with Gasteiger partial charge in [-0.25, -0.2) is 9.59 Å². The molecule has 1 aromatic rings. The van der Waals surface area contributed by atoms with Gasteiger partial charge >= 0.3 is 12.0 Å². The van der Waals surface area contributed by atoms with Crippen LogP contribution in [0.2, 0.25) is 10.0 Å². The lowest BCUT2D eigenvalue weighted by Crippen LogP contribution is -2.46. The smallest absolute Gasteiger partial charge is 0.326 e. The van der Waals surface area contributed by atoms with Crippen molar-refractivity contribution < 1.29 is 14.7 Å². The Morgan fingerprint density at radius 1 is 1.21 bits per heavy atom. The van der Waals surface area contributed by atoms with E-state index in [0.717, 1.165) is 0 Å². The maximum Gasteiger partial charge on any atom is 0.326 e. The second-order valence-corrected chi connectivity index (χ2v) is 5.07. The predicted octanol–water partition coefficient (Wildman–Crippen LogP) is 3.22. The molecule has 0 saturated heterocycles. The fraction of sp³-hybridized carbons (Fsp3) is 0.333. The lowest BCUT2D eigenvalue weighted by Gasteiger charge is -2.18. The number of nitrogens with one attached hydrogen (secondary N) is 2. The summed E-state index contributed by atoms with van der Waals surface area (Å²) < 4.78 is 0. The van der Waals surface area contributed by atoms with Crippen molar-refractivity contribution in [2.45, 2.75) is 19.9 Å². The average molecular weight is 305 g/mol. The molecule has 104 valence electrons. The van der Waals surface area contributed by atoms with Gasteiger partial charge in [0.25, 0.3) is 0 Å². The molecule has 0 aliphatic heterocycles. The number of carboxylic acids is 1. The average Bonchev–Trinajstić information content (AvgIpc) is 2.30. The molecular formula is C12H14Cl2N2O3. The van der Waals surface area contributed by atoms with E-state index in [9.17, 15) is 9.59 Å². The van der Waals surface area contributed by atoms with Gasteiger partial charge in [0.05, 0.1) is 15.7 Å². The fourth-order valence-corrected chi connectivity index (χ4v) is 1.91. The van der Waals surface area contributed by atoms with Gasteiger partial charge in [0, 0.05) is 0 Å². The molecule has 2 amide bonds. The Balaban J connectivity index is 2.78. The highest BCUT2D eigenvalue weighted by atomic mass is 35.5. The lowest BCUT2D eigenvalue weighted by atomic mass is 10.1. The zero-order valence-electron chi connectivity index (χ0n) is 10.4. The van der Waals surface area contributed by atoms with Crippen LogP contribution >= 0.6 is 23.2 Å². The maximum absolute atomic E-state index is 11.7. The summed E-state index contributed by atoms with van der Waals surface area (Å²) in [7, 11) is 0. The normalized spacial score (nSPS) is 12.1. The highest BCUT2D eigenvalue weighted by molar-refractivity contribution is 6.39. The summed E-state index contributed by atoms with van der Waals surface area (Å²) in [4.78, 5) is 22.7. The molecule has 7 heteroatoms. The Labute approximate surface area is 120 Å². The predicted molar refractivity (Wildman–Crippen MR) is 74.9 cm³/mol. The third-order valence-corrected chi connectivity index (χ3v) is 3.05. The number of carboxylic acid groups (broad SMARTS) is 1. The minimum absolute atomic E-state index is 0.245. The Kier molecular flexibility index (Phi) is 5.44. The number of carbonyl (C=O) groups excluding carboxylic acids is 1. The second kappa shape index (κ2) is 6.63. The number of anilines is 1. The van der Waals surface area contributed by atoms with Crippen molar-refractivity contribution in [2.75, 3.05) is 5.32 Å². The molecular weight excluding hydrogens is 291 g/mol.